The molecule has 0 saturated carbocycles. The molecule has 1 heterocycles. The molecule has 21 heavy (non-hydrogen) atoms. The van der Waals surface area contributed by atoms with Crippen LogP contribution in [0, 0.1) is 0 Å². The highest BCUT2D eigenvalue weighted by Gasteiger charge is 2.43. The Hall–Kier alpha value is -1.67. The number of β-amino-alcohol motifs (C(OH)–C–C–N with tert-alkyl or cyclic N) is 1. The van der Waals surface area contributed by atoms with E-state index in [2.05, 4.69) is 0 Å². The van der Waals surface area contributed by atoms with Crippen LogP contribution in [0.4, 0.5) is 0 Å². The average molecular weight is 297 g/mol. The molecule has 1 fully saturated rings. The summed E-state index contributed by atoms with van der Waals surface area (Å²) in [5, 5.41) is 38.3. The average Bonchev–Trinajstić information content (AvgIpc) is 2.51. The lowest BCUT2D eigenvalue weighted by Crippen LogP contribution is -2.64. The Morgan fingerprint density at radius 1 is 1.19 bits per heavy atom. The predicted octanol–water partition coefficient (Wildman–Crippen LogP) is -1.65. The number of hydrogen-bond donors (Lipinski definition) is 4. The number of benzene rings is 1. The fraction of sp³-hybridized carbons (Fsp3) is 0.500. The Labute approximate surface area is 122 Å². The van der Waals surface area contributed by atoms with Gasteiger partial charge in [0.2, 0.25) is 0 Å². The third kappa shape index (κ3) is 3.51. The molecule has 0 aromatic heterocycles. The van der Waals surface area contributed by atoms with Crippen LogP contribution >= 0.6 is 0 Å². The quantitative estimate of drug-likeness (QED) is 0.530. The fourth-order valence-corrected chi connectivity index (χ4v) is 2.32. The van der Waals surface area contributed by atoms with E-state index in [0.29, 0.717) is 5.75 Å². The summed E-state index contributed by atoms with van der Waals surface area (Å²) in [7, 11) is 0. The zero-order chi connectivity index (χ0) is 15.4. The fourth-order valence-electron chi connectivity index (χ4n) is 2.32. The molecule has 0 unspecified atom stereocenters. The first-order chi connectivity index (χ1) is 10.0. The molecule has 1 amide bonds. The van der Waals surface area contributed by atoms with Crippen LogP contribution in [0.1, 0.15) is 0 Å². The number of carbonyl (C=O) groups is 1. The standard InChI is InChI=1S/C14H19NO6/c16-7-10-13(19)14(20)11(17)6-15(10)12(18)8-21-9-4-2-1-3-5-9/h1-5,10-11,13-14,16-17,19-20H,6-8H2/t10-,11+,13-,14-/m1/s1. The highest BCUT2D eigenvalue weighted by molar-refractivity contribution is 5.78. The predicted molar refractivity (Wildman–Crippen MR) is 72.5 cm³/mol. The monoisotopic (exact) mass is 297 g/mol. The van der Waals surface area contributed by atoms with Gasteiger partial charge in [0.15, 0.2) is 6.61 Å². The van der Waals surface area contributed by atoms with Crippen molar-refractivity contribution in [2.75, 3.05) is 19.8 Å². The number of hydrogen-bond acceptors (Lipinski definition) is 6. The van der Waals surface area contributed by atoms with E-state index in [4.69, 9.17) is 4.74 Å². The van der Waals surface area contributed by atoms with E-state index in [9.17, 15) is 25.2 Å². The second-order valence-electron chi connectivity index (χ2n) is 4.95. The summed E-state index contributed by atoms with van der Waals surface area (Å²) in [5.41, 5.74) is 0. The molecule has 0 aliphatic carbocycles. The molecule has 1 aliphatic heterocycles. The molecule has 0 radical (unpaired) electrons. The second-order valence-corrected chi connectivity index (χ2v) is 4.95. The number of carbonyl (C=O) groups excluding carboxylic acids is 1. The molecule has 1 aliphatic rings. The van der Waals surface area contributed by atoms with Gasteiger partial charge in [0.1, 0.15) is 24.1 Å². The van der Waals surface area contributed by atoms with Crippen molar-refractivity contribution < 1.29 is 30.0 Å². The zero-order valence-corrected chi connectivity index (χ0v) is 11.4. The van der Waals surface area contributed by atoms with Gasteiger partial charge in [-0.25, -0.2) is 0 Å². The number of amides is 1. The molecular formula is C14H19NO6. The minimum atomic E-state index is -1.40. The number of para-hydroxylation sites is 1. The highest BCUT2D eigenvalue weighted by atomic mass is 16.5. The lowest BCUT2D eigenvalue weighted by Gasteiger charge is -2.42. The van der Waals surface area contributed by atoms with Gasteiger partial charge < -0.3 is 30.1 Å². The van der Waals surface area contributed by atoms with E-state index in [-0.39, 0.29) is 13.2 Å². The summed E-state index contributed by atoms with van der Waals surface area (Å²) in [6, 6.07) is 7.77. The van der Waals surface area contributed by atoms with Gasteiger partial charge in [-0.05, 0) is 12.1 Å². The van der Waals surface area contributed by atoms with E-state index >= 15 is 0 Å². The zero-order valence-electron chi connectivity index (χ0n) is 11.4. The van der Waals surface area contributed by atoms with Gasteiger partial charge in [0.25, 0.3) is 5.91 Å². The lowest BCUT2D eigenvalue weighted by molar-refractivity contribution is -0.167. The van der Waals surface area contributed by atoms with Crippen molar-refractivity contribution in [3.63, 3.8) is 0 Å². The van der Waals surface area contributed by atoms with Crippen LogP contribution in [0.3, 0.4) is 0 Å². The van der Waals surface area contributed by atoms with E-state index in [1.54, 1.807) is 24.3 Å². The number of piperidine rings is 1. The Kier molecular flexibility index (Phi) is 5.13. The maximum atomic E-state index is 12.1. The van der Waals surface area contributed by atoms with Crippen molar-refractivity contribution in [1.29, 1.82) is 0 Å². The minimum absolute atomic E-state index is 0.166. The normalized spacial score (nSPS) is 29.2. The van der Waals surface area contributed by atoms with Crippen molar-refractivity contribution in [3.05, 3.63) is 30.3 Å². The number of aliphatic hydroxyl groups excluding tert-OH is 4. The molecule has 7 heteroatoms. The molecule has 2 rings (SSSR count). The van der Waals surface area contributed by atoms with Crippen LogP contribution in [0.5, 0.6) is 5.75 Å². The Balaban J connectivity index is 2.00. The first-order valence-electron chi connectivity index (χ1n) is 6.67. The van der Waals surface area contributed by atoms with Gasteiger partial charge in [-0.3, -0.25) is 4.79 Å². The molecule has 0 spiro atoms. The number of nitrogens with zero attached hydrogens (tertiary/aromatic N) is 1. The van der Waals surface area contributed by atoms with Gasteiger partial charge in [-0.15, -0.1) is 0 Å². The largest absolute Gasteiger partial charge is 0.484 e. The van der Waals surface area contributed by atoms with E-state index in [1.165, 1.54) is 0 Å². The van der Waals surface area contributed by atoms with Crippen LogP contribution in [-0.4, -0.2) is 75.3 Å². The summed E-state index contributed by atoms with van der Waals surface area (Å²) >= 11 is 0. The summed E-state index contributed by atoms with van der Waals surface area (Å²) in [6.45, 7) is -0.960. The van der Waals surface area contributed by atoms with Crippen molar-refractivity contribution in [3.8, 4) is 5.75 Å². The van der Waals surface area contributed by atoms with Gasteiger partial charge >= 0.3 is 0 Å². The second kappa shape index (κ2) is 6.86. The third-order valence-corrected chi connectivity index (χ3v) is 3.54. The maximum absolute atomic E-state index is 12.1. The van der Waals surface area contributed by atoms with Crippen LogP contribution in [0.15, 0.2) is 30.3 Å². The minimum Gasteiger partial charge on any atom is -0.484 e. The molecule has 4 N–H and O–H groups in total. The van der Waals surface area contributed by atoms with E-state index in [0.717, 1.165) is 4.90 Å². The van der Waals surface area contributed by atoms with Crippen LogP contribution in [-0.2, 0) is 4.79 Å². The summed E-state index contributed by atoms with van der Waals surface area (Å²) in [5.74, 6) is 0.0347. The molecule has 1 aromatic rings. The van der Waals surface area contributed by atoms with E-state index < -0.39 is 36.9 Å². The van der Waals surface area contributed by atoms with Gasteiger partial charge in [0.05, 0.1) is 12.6 Å². The van der Waals surface area contributed by atoms with Gasteiger partial charge in [0, 0.05) is 6.54 Å². The Morgan fingerprint density at radius 3 is 2.48 bits per heavy atom. The SMILES string of the molecule is O=C(COc1ccccc1)N1C[C@H](O)[C@@H](O)[C@H](O)[C@H]1CO. The van der Waals surface area contributed by atoms with E-state index in [1.807, 2.05) is 6.07 Å². The first kappa shape index (κ1) is 15.7. The maximum Gasteiger partial charge on any atom is 0.261 e. The Morgan fingerprint density at radius 2 is 1.86 bits per heavy atom. The summed E-state index contributed by atoms with van der Waals surface area (Å²) in [4.78, 5) is 13.3. The molecule has 4 atom stereocenters. The van der Waals surface area contributed by atoms with Crippen molar-refractivity contribution in [2.24, 2.45) is 0 Å². The number of ether oxygens (including phenoxy) is 1. The lowest BCUT2D eigenvalue weighted by atomic mass is 9.94. The molecular weight excluding hydrogens is 278 g/mol. The van der Waals surface area contributed by atoms with Crippen LogP contribution < -0.4 is 4.74 Å². The Bertz CT molecular complexity index is 468. The summed E-state index contributed by atoms with van der Waals surface area (Å²) < 4.78 is 5.31. The molecule has 0 bridgehead atoms. The number of aliphatic hydroxyl groups is 4. The van der Waals surface area contributed by atoms with Crippen molar-refractivity contribution in [2.45, 2.75) is 24.4 Å². The van der Waals surface area contributed by atoms with Gasteiger partial charge in [-0.1, -0.05) is 18.2 Å². The molecule has 116 valence electrons. The smallest absolute Gasteiger partial charge is 0.261 e. The van der Waals surface area contributed by atoms with Crippen molar-refractivity contribution >= 4 is 5.91 Å². The number of rotatable bonds is 4. The molecule has 7 nitrogen and oxygen atoms in total. The van der Waals surface area contributed by atoms with Crippen LogP contribution in [0.2, 0.25) is 0 Å². The topological polar surface area (TPSA) is 110 Å². The first-order valence-corrected chi connectivity index (χ1v) is 6.67. The third-order valence-electron chi connectivity index (χ3n) is 3.54. The van der Waals surface area contributed by atoms with Crippen molar-refractivity contribution in [1.82, 2.24) is 4.90 Å². The molecule has 1 saturated heterocycles. The molecule has 1 aromatic carbocycles. The van der Waals surface area contributed by atoms with Gasteiger partial charge in [-0.2, -0.15) is 0 Å². The number of likely N-dealkylation sites (tertiary alicyclic amines) is 1. The highest BCUT2D eigenvalue weighted by Crippen LogP contribution is 2.19. The summed E-state index contributed by atoms with van der Waals surface area (Å²) in [6.07, 6.45) is -4.05. The van der Waals surface area contributed by atoms with Crippen LogP contribution in [0.25, 0.3) is 0 Å².